The number of rotatable bonds is 4. The molecule has 0 bridgehead atoms. The highest BCUT2D eigenvalue weighted by Gasteiger charge is 2.15. The molecule has 0 saturated heterocycles. The first kappa shape index (κ1) is 15.3. The Morgan fingerprint density at radius 3 is 2.71 bits per heavy atom. The summed E-state index contributed by atoms with van der Waals surface area (Å²) >= 11 is 0. The summed E-state index contributed by atoms with van der Waals surface area (Å²) in [7, 11) is 0. The molecule has 2 rings (SSSR count). The highest BCUT2D eigenvalue weighted by Crippen LogP contribution is 2.19. The SMILES string of the molecule is Cc1cc(=O)[nH]c2cc(NC(=O)[C@@H](N)CC(C)C)ccc12. The number of fused-ring (bicyclic) bond motifs is 1. The van der Waals surface area contributed by atoms with Gasteiger partial charge in [-0.05, 0) is 37.0 Å². The van der Waals surface area contributed by atoms with Crippen molar-refractivity contribution in [2.24, 2.45) is 11.7 Å². The Balaban J connectivity index is 2.23. The van der Waals surface area contributed by atoms with Crippen molar-refractivity contribution in [3.63, 3.8) is 0 Å². The standard InChI is InChI=1S/C16H21N3O2/c1-9(2)6-13(17)16(21)18-11-4-5-12-10(3)7-15(20)19-14(12)8-11/h4-5,7-9,13H,6,17H2,1-3H3,(H,18,21)(H,19,20)/t13-/m0/s1. The summed E-state index contributed by atoms with van der Waals surface area (Å²) in [6.07, 6.45) is 0.634. The molecule has 1 aromatic carbocycles. The molecule has 0 saturated carbocycles. The lowest BCUT2D eigenvalue weighted by Crippen LogP contribution is -2.36. The van der Waals surface area contributed by atoms with Crippen LogP contribution in [0.1, 0.15) is 25.8 Å². The second-order valence-electron chi connectivity index (χ2n) is 5.80. The fraction of sp³-hybridized carbons (Fsp3) is 0.375. The second-order valence-corrected chi connectivity index (χ2v) is 5.80. The van der Waals surface area contributed by atoms with E-state index in [9.17, 15) is 9.59 Å². The summed E-state index contributed by atoms with van der Waals surface area (Å²) < 4.78 is 0. The fourth-order valence-corrected chi connectivity index (χ4v) is 2.36. The number of carbonyl (C=O) groups is 1. The van der Waals surface area contributed by atoms with Crippen LogP contribution >= 0.6 is 0 Å². The van der Waals surface area contributed by atoms with E-state index in [0.717, 1.165) is 10.9 Å². The van der Waals surface area contributed by atoms with E-state index in [2.05, 4.69) is 10.3 Å². The number of H-pyrrole nitrogens is 1. The molecular formula is C16H21N3O2. The number of nitrogens with two attached hydrogens (primary N) is 1. The Morgan fingerprint density at radius 2 is 2.05 bits per heavy atom. The molecule has 112 valence electrons. The number of hydrogen-bond donors (Lipinski definition) is 3. The van der Waals surface area contributed by atoms with Gasteiger partial charge in [0.1, 0.15) is 0 Å². The van der Waals surface area contributed by atoms with Gasteiger partial charge in [0.25, 0.3) is 0 Å². The summed E-state index contributed by atoms with van der Waals surface area (Å²) in [5.41, 5.74) is 7.95. The van der Waals surface area contributed by atoms with Gasteiger partial charge >= 0.3 is 0 Å². The zero-order chi connectivity index (χ0) is 15.6. The highest BCUT2D eigenvalue weighted by atomic mass is 16.2. The molecule has 5 heteroatoms. The van der Waals surface area contributed by atoms with Crippen LogP contribution in [0.5, 0.6) is 0 Å². The highest BCUT2D eigenvalue weighted by molar-refractivity contribution is 5.96. The van der Waals surface area contributed by atoms with E-state index < -0.39 is 6.04 Å². The van der Waals surface area contributed by atoms with Crippen LogP contribution < -0.4 is 16.6 Å². The lowest BCUT2D eigenvalue weighted by Gasteiger charge is -2.14. The second kappa shape index (κ2) is 6.10. The molecule has 0 spiro atoms. The predicted molar refractivity (Wildman–Crippen MR) is 85.4 cm³/mol. The average molecular weight is 287 g/mol. The first-order chi connectivity index (χ1) is 9.86. The number of nitrogens with one attached hydrogen (secondary N) is 2. The van der Waals surface area contributed by atoms with Gasteiger partial charge < -0.3 is 16.0 Å². The van der Waals surface area contributed by atoms with Crippen molar-refractivity contribution >= 4 is 22.5 Å². The van der Waals surface area contributed by atoms with E-state index in [-0.39, 0.29) is 11.5 Å². The third-order valence-electron chi connectivity index (χ3n) is 3.38. The van der Waals surface area contributed by atoms with E-state index in [4.69, 9.17) is 5.73 Å². The van der Waals surface area contributed by atoms with Crippen molar-refractivity contribution in [3.05, 3.63) is 40.2 Å². The molecule has 0 radical (unpaired) electrons. The van der Waals surface area contributed by atoms with Crippen molar-refractivity contribution in [3.8, 4) is 0 Å². The zero-order valence-electron chi connectivity index (χ0n) is 12.6. The van der Waals surface area contributed by atoms with Gasteiger partial charge in [-0.25, -0.2) is 0 Å². The van der Waals surface area contributed by atoms with E-state index in [1.165, 1.54) is 0 Å². The summed E-state index contributed by atoms with van der Waals surface area (Å²) in [5.74, 6) is 0.152. The normalized spacial score (nSPS) is 12.6. The van der Waals surface area contributed by atoms with Crippen molar-refractivity contribution in [2.45, 2.75) is 33.2 Å². The van der Waals surface area contributed by atoms with E-state index in [0.29, 0.717) is 23.5 Å². The summed E-state index contributed by atoms with van der Waals surface area (Å²) in [6, 6.07) is 6.47. The van der Waals surface area contributed by atoms with Gasteiger partial charge in [-0.2, -0.15) is 0 Å². The summed E-state index contributed by atoms with van der Waals surface area (Å²) in [4.78, 5) is 26.3. The van der Waals surface area contributed by atoms with E-state index in [1.807, 2.05) is 32.9 Å². The van der Waals surface area contributed by atoms with Crippen LogP contribution in [0.2, 0.25) is 0 Å². The third kappa shape index (κ3) is 3.70. The molecule has 5 nitrogen and oxygen atoms in total. The molecule has 21 heavy (non-hydrogen) atoms. The molecule has 1 amide bonds. The van der Waals surface area contributed by atoms with Crippen molar-refractivity contribution in [2.75, 3.05) is 5.32 Å². The van der Waals surface area contributed by atoms with Crippen LogP contribution in [0.3, 0.4) is 0 Å². The lowest BCUT2D eigenvalue weighted by atomic mass is 10.0. The van der Waals surface area contributed by atoms with Gasteiger partial charge in [0.2, 0.25) is 11.5 Å². The molecule has 0 fully saturated rings. The minimum absolute atomic E-state index is 0.153. The Morgan fingerprint density at radius 1 is 1.33 bits per heavy atom. The molecule has 1 aromatic heterocycles. The maximum absolute atomic E-state index is 12.0. The van der Waals surface area contributed by atoms with Gasteiger partial charge in [0.15, 0.2) is 0 Å². The monoisotopic (exact) mass is 287 g/mol. The van der Waals surface area contributed by atoms with Crippen LogP contribution in [0.15, 0.2) is 29.1 Å². The van der Waals surface area contributed by atoms with E-state index >= 15 is 0 Å². The molecule has 1 atom stereocenters. The van der Waals surface area contributed by atoms with Crippen molar-refractivity contribution in [1.29, 1.82) is 0 Å². The summed E-state index contributed by atoms with van der Waals surface area (Å²) in [6.45, 7) is 5.93. The Bertz CT molecular complexity index is 719. The number of aromatic nitrogens is 1. The Kier molecular flexibility index (Phi) is 4.43. The number of benzene rings is 1. The molecule has 0 aliphatic heterocycles. The molecule has 0 unspecified atom stereocenters. The molecular weight excluding hydrogens is 266 g/mol. The quantitative estimate of drug-likeness (QED) is 0.805. The number of aryl methyl sites for hydroxylation is 1. The number of pyridine rings is 1. The first-order valence-electron chi connectivity index (χ1n) is 7.07. The minimum Gasteiger partial charge on any atom is -0.325 e. The van der Waals surface area contributed by atoms with Crippen LogP contribution in [0.25, 0.3) is 10.9 Å². The predicted octanol–water partition coefficient (Wildman–Crippen LogP) is 2.15. The third-order valence-corrected chi connectivity index (χ3v) is 3.38. The average Bonchev–Trinajstić information content (AvgIpc) is 2.37. The first-order valence-corrected chi connectivity index (χ1v) is 7.07. The largest absolute Gasteiger partial charge is 0.325 e. The van der Waals surface area contributed by atoms with Crippen LogP contribution in [0.4, 0.5) is 5.69 Å². The minimum atomic E-state index is -0.530. The van der Waals surface area contributed by atoms with Gasteiger partial charge in [-0.3, -0.25) is 9.59 Å². The lowest BCUT2D eigenvalue weighted by molar-refractivity contribution is -0.117. The number of amides is 1. The molecule has 2 aromatic rings. The molecule has 4 N–H and O–H groups in total. The summed E-state index contributed by atoms with van der Waals surface area (Å²) in [5, 5.41) is 3.75. The molecule has 0 aliphatic carbocycles. The van der Waals surface area contributed by atoms with Gasteiger partial charge in [-0.1, -0.05) is 19.9 Å². The van der Waals surface area contributed by atoms with Crippen LogP contribution in [0, 0.1) is 12.8 Å². The topological polar surface area (TPSA) is 88.0 Å². The Labute approximate surface area is 123 Å². The maximum atomic E-state index is 12.0. The molecule has 0 aliphatic rings. The van der Waals surface area contributed by atoms with Gasteiger partial charge in [-0.15, -0.1) is 0 Å². The Hall–Kier alpha value is -2.14. The number of hydrogen-bond acceptors (Lipinski definition) is 3. The van der Waals surface area contributed by atoms with E-state index in [1.54, 1.807) is 12.1 Å². The maximum Gasteiger partial charge on any atom is 0.248 e. The fourth-order valence-electron chi connectivity index (χ4n) is 2.36. The van der Waals surface area contributed by atoms with Gasteiger partial charge in [0, 0.05) is 17.1 Å². The number of aromatic amines is 1. The van der Waals surface area contributed by atoms with Gasteiger partial charge in [0.05, 0.1) is 11.6 Å². The number of anilines is 1. The van der Waals surface area contributed by atoms with Crippen LogP contribution in [-0.4, -0.2) is 16.9 Å². The molecule has 1 heterocycles. The van der Waals surface area contributed by atoms with Crippen LogP contribution in [-0.2, 0) is 4.79 Å². The van der Waals surface area contributed by atoms with Crippen molar-refractivity contribution in [1.82, 2.24) is 4.98 Å². The number of carbonyl (C=O) groups excluding carboxylic acids is 1. The van der Waals surface area contributed by atoms with Crippen molar-refractivity contribution < 1.29 is 4.79 Å². The smallest absolute Gasteiger partial charge is 0.248 e. The zero-order valence-corrected chi connectivity index (χ0v) is 12.6.